The minimum atomic E-state index is -0.205. The van der Waals surface area contributed by atoms with Crippen LogP contribution in [0.4, 0.5) is 10.1 Å². The zero-order valence-corrected chi connectivity index (χ0v) is 13.1. The van der Waals surface area contributed by atoms with Crippen molar-refractivity contribution in [1.29, 1.82) is 0 Å². The third kappa shape index (κ3) is 3.15. The van der Waals surface area contributed by atoms with Crippen molar-refractivity contribution in [2.75, 3.05) is 5.32 Å². The third-order valence-electron chi connectivity index (χ3n) is 3.56. The minimum Gasteiger partial charge on any atom is -0.377 e. The number of rotatable bonds is 4. The van der Waals surface area contributed by atoms with E-state index in [1.807, 2.05) is 30.3 Å². The van der Waals surface area contributed by atoms with Crippen LogP contribution in [-0.4, -0.2) is 0 Å². The molecule has 2 aromatic carbocycles. The summed E-state index contributed by atoms with van der Waals surface area (Å²) < 4.78 is 14.0. The third-order valence-corrected chi connectivity index (χ3v) is 4.38. The molecule has 104 valence electrons. The summed E-state index contributed by atoms with van der Waals surface area (Å²) in [5.41, 5.74) is 2.01. The molecule has 1 aliphatic rings. The molecule has 2 aromatic rings. The summed E-state index contributed by atoms with van der Waals surface area (Å²) in [4.78, 5) is 0. The van der Waals surface area contributed by atoms with Gasteiger partial charge in [0.05, 0.1) is 16.8 Å². The van der Waals surface area contributed by atoms with E-state index >= 15 is 0 Å². The second kappa shape index (κ2) is 5.74. The Morgan fingerprint density at radius 2 is 1.85 bits per heavy atom. The first-order chi connectivity index (χ1) is 9.63. The lowest BCUT2D eigenvalue weighted by atomic mass is 10.0. The number of benzene rings is 2. The average Bonchev–Trinajstić information content (AvgIpc) is 3.25. The molecule has 0 heterocycles. The molecule has 3 rings (SSSR count). The molecular weight excluding hydrogens is 341 g/mol. The highest BCUT2D eigenvalue weighted by Crippen LogP contribution is 2.44. The molecule has 1 nitrogen and oxygen atoms in total. The SMILES string of the molecule is Fc1ccc(C(Nc2cc(Br)ccc2Cl)C2CC2)cc1. The second-order valence-electron chi connectivity index (χ2n) is 5.14. The van der Waals surface area contributed by atoms with Crippen LogP contribution >= 0.6 is 27.5 Å². The number of nitrogens with one attached hydrogen (secondary N) is 1. The largest absolute Gasteiger partial charge is 0.377 e. The molecule has 1 fully saturated rings. The first-order valence-electron chi connectivity index (χ1n) is 6.60. The Labute approximate surface area is 131 Å². The van der Waals surface area contributed by atoms with Gasteiger partial charge in [0.25, 0.3) is 0 Å². The maximum Gasteiger partial charge on any atom is 0.123 e. The first-order valence-corrected chi connectivity index (χ1v) is 7.77. The smallest absolute Gasteiger partial charge is 0.123 e. The van der Waals surface area contributed by atoms with Crippen molar-refractivity contribution < 1.29 is 4.39 Å². The van der Waals surface area contributed by atoms with Crippen LogP contribution in [0.15, 0.2) is 46.9 Å². The van der Waals surface area contributed by atoms with Gasteiger partial charge in [-0.05, 0) is 54.7 Å². The van der Waals surface area contributed by atoms with E-state index in [9.17, 15) is 4.39 Å². The Hall–Kier alpha value is -1.06. The summed E-state index contributed by atoms with van der Waals surface area (Å²) in [6, 6.07) is 12.6. The lowest BCUT2D eigenvalue weighted by Gasteiger charge is -2.21. The molecule has 0 amide bonds. The normalized spacial score (nSPS) is 15.9. The topological polar surface area (TPSA) is 12.0 Å². The van der Waals surface area contributed by atoms with Crippen LogP contribution in [0, 0.1) is 11.7 Å². The number of anilines is 1. The van der Waals surface area contributed by atoms with E-state index in [1.54, 1.807) is 0 Å². The van der Waals surface area contributed by atoms with Gasteiger partial charge in [0.1, 0.15) is 5.82 Å². The molecule has 0 saturated heterocycles. The van der Waals surface area contributed by atoms with Crippen LogP contribution in [0.2, 0.25) is 5.02 Å². The van der Waals surface area contributed by atoms with Crippen molar-refractivity contribution in [3.63, 3.8) is 0 Å². The summed E-state index contributed by atoms with van der Waals surface area (Å²) >= 11 is 9.69. The van der Waals surface area contributed by atoms with E-state index in [-0.39, 0.29) is 11.9 Å². The van der Waals surface area contributed by atoms with E-state index in [2.05, 4.69) is 21.2 Å². The standard InChI is InChI=1S/C16H14BrClFN/c17-12-5-8-14(18)15(9-12)20-16(10-1-2-10)11-3-6-13(19)7-4-11/h3-10,16,20H,1-2H2. The molecule has 1 saturated carbocycles. The predicted octanol–water partition coefficient (Wildman–Crippen LogP) is 5.80. The number of hydrogen-bond donors (Lipinski definition) is 1. The van der Waals surface area contributed by atoms with E-state index in [4.69, 9.17) is 11.6 Å². The summed E-state index contributed by atoms with van der Waals surface area (Å²) in [7, 11) is 0. The maximum absolute atomic E-state index is 13.1. The summed E-state index contributed by atoms with van der Waals surface area (Å²) in [5, 5.41) is 4.20. The van der Waals surface area contributed by atoms with Gasteiger partial charge in [-0.3, -0.25) is 0 Å². The molecule has 1 atom stereocenters. The van der Waals surface area contributed by atoms with Gasteiger partial charge >= 0.3 is 0 Å². The average molecular weight is 355 g/mol. The monoisotopic (exact) mass is 353 g/mol. The van der Waals surface area contributed by atoms with Crippen molar-refractivity contribution in [2.45, 2.75) is 18.9 Å². The number of hydrogen-bond acceptors (Lipinski definition) is 1. The van der Waals surface area contributed by atoms with Crippen molar-refractivity contribution in [3.8, 4) is 0 Å². The summed E-state index contributed by atoms with van der Waals surface area (Å²) in [6.07, 6.45) is 2.39. The molecule has 4 heteroatoms. The van der Waals surface area contributed by atoms with Gasteiger partial charge in [-0.2, -0.15) is 0 Å². The van der Waals surface area contributed by atoms with Crippen molar-refractivity contribution in [2.24, 2.45) is 5.92 Å². The Kier molecular flexibility index (Phi) is 3.99. The zero-order chi connectivity index (χ0) is 14.1. The van der Waals surface area contributed by atoms with Crippen LogP contribution in [0.3, 0.4) is 0 Å². The minimum absolute atomic E-state index is 0.183. The van der Waals surface area contributed by atoms with Crippen LogP contribution < -0.4 is 5.32 Å². The maximum atomic E-state index is 13.1. The fourth-order valence-electron chi connectivity index (χ4n) is 2.35. The van der Waals surface area contributed by atoms with E-state index in [0.717, 1.165) is 15.7 Å². The first kappa shape index (κ1) is 13.9. The van der Waals surface area contributed by atoms with Gasteiger partial charge in [0, 0.05) is 4.47 Å². The highest BCUT2D eigenvalue weighted by Gasteiger charge is 2.32. The van der Waals surface area contributed by atoms with Gasteiger partial charge < -0.3 is 5.32 Å². The molecule has 1 aliphatic carbocycles. The Bertz CT molecular complexity index is 610. The molecule has 20 heavy (non-hydrogen) atoms. The summed E-state index contributed by atoms with van der Waals surface area (Å²) in [6.45, 7) is 0. The van der Waals surface area contributed by atoms with Crippen molar-refractivity contribution in [3.05, 3.63) is 63.3 Å². The van der Waals surface area contributed by atoms with Crippen LogP contribution in [0.25, 0.3) is 0 Å². The lowest BCUT2D eigenvalue weighted by Crippen LogP contribution is -2.13. The molecule has 1 N–H and O–H groups in total. The molecule has 0 aliphatic heterocycles. The molecule has 0 aromatic heterocycles. The molecule has 0 radical (unpaired) electrons. The summed E-state index contributed by atoms with van der Waals surface area (Å²) in [5.74, 6) is 0.388. The van der Waals surface area contributed by atoms with Gasteiger partial charge in [-0.25, -0.2) is 4.39 Å². The van der Waals surface area contributed by atoms with Gasteiger partial charge in [-0.1, -0.05) is 39.7 Å². The Morgan fingerprint density at radius 3 is 2.50 bits per heavy atom. The zero-order valence-electron chi connectivity index (χ0n) is 10.7. The fraction of sp³-hybridized carbons (Fsp3) is 0.250. The molecule has 0 bridgehead atoms. The highest BCUT2D eigenvalue weighted by molar-refractivity contribution is 9.10. The van der Waals surface area contributed by atoms with Crippen LogP contribution in [0.5, 0.6) is 0 Å². The quantitative estimate of drug-likeness (QED) is 0.731. The van der Waals surface area contributed by atoms with E-state index in [0.29, 0.717) is 10.9 Å². The van der Waals surface area contributed by atoms with Crippen molar-refractivity contribution >= 4 is 33.2 Å². The molecule has 0 spiro atoms. The van der Waals surface area contributed by atoms with Crippen LogP contribution in [0.1, 0.15) is 24.4 Å². The fourth-order valence-corrected chi connectivity index (χ4v) is 2.88. The van der Waals surface area contributed by atoms with E-state index in [1.165, 1.54) is 25.0 Å². The number of halogens is 3. The van der Waals surface area contributed by atoms with Crippen LogP contribution in [-0.2, 0) is 0 Å². The second-order valence-corrected chi connectivity index (χ2v) is 6.46. The Morgan fingerprint density at radius 1 is 1.15 bits per heavy atom. The molecular formula is C16H14BrClFN. The highest BCUT2D eigenvalue weighted by atomic mass is 79.9. The predicted molar refractivity (Wildman–Crippen MR) is 84.6 cm³/mol. The Balaban J connectivity index is 1.88. The lowest BCUT2D eigenvalue weighted by molar-refractivity contribution is 0.622. The van der Waals surface area contributed by atoms with Gasteiger partial charge in [0.2, 0.25) is 0 Å². The van der Waals surface area contributed by atoms with Gasteiger partial charge in [0.15, 0.2) is 0 Å². The molecule has 1 unspecified atom stereocenters. The van der Waals surface area contributed by atoms with E-state index < -0.39 is 0 Å². The van der Waals surface area contributed by atoms with Crippen molar-refractivity contribution in [1.82, 2.24) is 0 Å². The van der Waals surface area contributed by atoms with Gasteiger partial charge in [-0.15, -0.1) is 0 Å².